The van der Waals surface area contributed by atoms with E-state index in [1.807, 2.05) is 19.1 Å². The van der Waals surface area contributed by atoms with Crippen LogP contribution < -0.4 is 10.6 Å². The molecule has 1 aliphatic carbocycles. The predicted molar refractivity (Wildman–Crippen MR) is 75.0 cm³/mol. The van der Waals surface area contributed by atoms with Crippen LogP contribution in [0.3, 0.4) is 0 Å². The summed E-state index contributed by atoms with van der Waals surface area (Å²) < 4.78 is 0. The molecule has 0 radical (unpaired) electrons. The monoisotopic (exact) mass is 266 g/mol. The fraction of sp³-hybridized carbons (Fsp3) is 0.500. The fourth-order valence-corrected chi connectivity index (χ4v) is 1.96. The van der Waals surface area contributed by atoms with E-state index in [2.05, 4.69) is 17.6 Å². The topological polar surface area (TPSA) is 41.1 Å². The third kappa shape index (κ3) is 3.72. The second-order valence-electron chi connectivity index (χ2n) is 5.42. The maximum Gasteiger partial charge on any atom is 0.238 e. The van der Waals surface area contributed by atoms with Gasteiger partial charge in [0, 0.05) is 17.3 Å². The molecular formula is C14H19ClN2O. The van der Waals surface area contributed by atoms with E-state index in [1.54, 1.807) is 6.07 Å². The maximum absolute atomic E-state index is 11.8. The summed E-state index contributed by atoms with van der Waals surface area (Å²) in [4.78, 5) is 11.8. The Labute approximate surface area is 113 Å². The van der Waals surface area contributed by atoms with E-state index >= 15 is 0 Å². The van der Waals surface area contributed by atoms with Crippen molar-refractivity contribution in [3.63, 3.8) is 0 Å². The van der Waals surface area contributed by atoms with E-state index in [-0.39, 0.29) is 5.91 Å². The van der Waals surface area contributed by atoms with Crippen molar-refractivity contribution >= 4 is 23.2 Å². The minimum Gasteiger partial charge on any atom is -0.325 e. The van der Waals surface area contributed by atoms with Gasteiger partial charge in [-0.25, -0.2) is 0 Å². The Morgan fingerprint density at radius 2 is 2.17 bits per heavy atom. The van der Waals surface area contributed by atoms with Crippen LogP contribution in [0.1, 0.15) is 25.3 Å². The van der Waals surface area contributed by atoms with Gasteiger partial charge in [-0.05, 0) is 42.9 Å². The Balaban J connectivity index is 1.81. The van der Waals surface area contributed by atoms with Crippen LogP contribution >= 0.6 is 11.6 Å². The summed E-state index contributed by atoms with van der Waals surface area (Å²) in [6.45, 7) is 5.44. The molecule has 1 aliphatic rings. The van der Waals surface area contributed by atoms with Crippen molar-refractivity contribution in [2.75, 3.05) is 18.4 Å². The molecule has 18 heavy (non-hydrogen) atoms. The van der Waals surface area contributed by atoms with Crippen LogP contribution in [-0.2, 0) is 4.79 Å². The van der Waals surface area contributed by atoms with Crippen molar-refractivity contribution in [2.24, 2.45) is 5.41 Å². The van der Waals surface area contributed by atoms with Crippen molar-refractivity contribution in [2.45, 2.75) is 26.7 Å². The molecule has 4 heteroatoms. The van der Waals surface area contributed by atoms with E-state index in [0.29, 0.717) is 17.0 Å². The molecule has 0 aliphatic heterocycles. The van der Waals surface area contributed by atoms with Gasteiger partial charge < -0.3 is 10.6 Å². The lowest BCUT2D eigenvalue weighted by Crippen LogP contribution is -2.31. The maximum atomic E-state index is 11.8. The van der Waals surface area contributed by atoms with Crippen LogP contribution in [0.25, 0.3) is 0 Å². The first kappa shape index (κ1) is 13.4. The molecule has 98 valence electrons. The molecule has 0 aromatic heterocycles. The van der Waals surface area contributed by atoms with Crippen molar-refractivity contribution in [1.29, 1.82) is 0 Å². The fourth-order valence-electron chi connectivity index (χ4n) is 1.79. The highest BCUT2D eigenvalue weighted by atomic mass is 35.5. The van der Waals surface area contributed by atoms with Gasteiger partial charge in [0.05, 0.1) is 6.54 Å². The largest absolute Gasteiger partial charge is 0.325 e. The van der Waals surface area contributed by atoms with Crippen molar-refractivity contribution < 1.29 is 4.79 Å². The first-order valence-electron chi connectivity index (χ1n) is 6.25. The molecule has 0 spiro atoms. The average molecular weight is 267 g/mol. The number of rotatable bonds is 5. The lowest BCUT2D eigenvalue weighted by molar-refractivity contribution is -0.115. The van der Waals surface area contributed by atoms with Gasteiger partial charge >= 0.3 is 0 Å². The van der Waals surface area contributed by atoms with Gasteiger partial charge in [0.1, 0.15) is 0 Å². The van der Waals surface area contributed by atoms with E-state index in [9.17, 15) is 4.79 Å². The smallest absolute Gasteiger partial charge is 0.238 e. The Hall–Kier alpha value is -1.06. The normalized spacial score (nSPS) is 16.4. The molecule has 1 fully saturated rings. The Kier molecular flexibility index (Phi) is 3.93. The Morgan fingerprint density at radius 1 is 1.44 bits per heavy atom. The second-order valence-corrected chi connectivity index (χ2v) is 5.86. The quantitative estimate of drug-likeness (QED) is 0.860. The highest BCUT2D eigenvalue weighted by Gasteiger charge is 2.36. The summed E-state index contributed by atoms with van der Waals surface area (Å²) in [6.07, 6.45) is 2.52. The van der Waals surface area contributed by atoms with Crippen LogP contribution in [0.5, 0.6) is 0 Å². The van der Waals surface area contributed by atoms with Crippen LogP contribution in [0.15, 0.2) is 18.2 Å². The lowest BCUT2D eigenvalue weighted by Gasteiger charge is -2.11. The number of halogens is 1. The molecule has 1 aromatic rings. The molecule has 0 heterocycles. The summed E-state index contributed by atoms with van der Waals surface area (Å²) in [5, 5.41) is 6.70. The number of benzene rings is 1. The Bertz CT molecular complexity index is 455. The van der Waals surface area contributed by atoms with Crippen molar-refractivity contribution in [3.8, 4) is 0 Å². The summed E-state index contributed by atoms with van der Waals surface area (Å²) in [5.74, 6) is -0.0235. The van der Waals surface area contributed by atoms with E-state index < -0.39 is 0 Å². The van der Waals surface area contributed by atoms with Crippen LogP contribution in [-0.4, -0.2) is 19.0 Å². The van der Waals surface area contributed by atoms with E-state index in [4.69, 9.17) is 11.6 Å². The number of carbonyl (C=O) groups is 1. The number of hydrogen-bond donors (Lipinski definition) is 2. The highest BCUT2D eigenvalue weighted by molar-refractivity contribution is 6.31. The third-order valence-electron chi connectivity index (χ3n) is 3.41. The number of anilines is 1. The SMILES string of the molecule is Cc1ccc(Cl)cc1NC(=O)CNCC1(C)CC1. The van der Waals surface area contributed by atoms with Crippen LogP contribution in [0.2, 0.25) is 5.02 Å². The zero-order valence-corrected chi connectivity index (χ0v) is 11.6. The first-order valence-corrected chi connectivity index (χ1v) is 6.63. The molecule has 2 rings (SSSR count). The summed E-state index contributed by atoms with van der Waals surface area (Å²) in [6, 6.07) is 5.49. The Morgan fingerprint density at radius 3 is 2.83 bits per heavy atom. The molecule has 1 amide bonds. The average Bonchev–Trinajstić information content (AvgIpc) is 3.02. The first-order chi connectivity index (χ1) is 8.48. The van der Waals surface area contributed by atoms with Gasteiger partial charge in [-0.15, -0.1) is 0 Å². The zero-order valence-electron chi connectivity index (χ0n) is 10.8. The number of carbonyl (C=O) groups excluding carboxylic acids is 1. The molecule has 0 unspecified atom stereocenters. The van der Waals surface area contributed by atoms with Crippen LogP contribution in [0.4, 0.5) is 5.69 Å². The lowest BCUT2D eigenvalue weighted by atomic mass is 10.1. The second kappa shape index (κ2) is 5.29. The standard InChI is InChI=1S/C14H19ClN2O/c1-10-3-4-11(15)7-12(10)17-13(18)8-16-9-14(2)5-6-14/h3-4,7,16H,5-6,8-9H2,1-2H3,(H,17,18). The van der Waals surface area contributed by atoms with Gasteiger partial charge in [-0.1, -0.05) is 24.6 Å². The molecule has 1 saturated carbocycles. The van der Waals surface area contributed by atoms with Gasteiger partial charge in [0.25, 0.3) is 0 Å². The molecular weight excluding hydrogens is 248 g/mol. The van der Waals surface area contributed by atoms with Gasteiger partial charge in [0.2, 0.25) is 5.91 Å². The summed E-state index contributed by atoms with van der Waals surface area (Å²) in [7, 11) is 0. The van der Waals surface area contributed by atoms with Crippen molar-refractivity contribution in [1.82, 2.24) is 5.32 Å². The minimum atomic E-state index is -0.0235. The molecule has 3 nitrogen and oxygen atoms in total. The minimum absolute atomic E-state index is 0.0235. The molecule has 0 atom stereocenters. The van der Waals surface area contributed by atoms with Crippen molar-refractivity contribution in [3.05, 3.63) is 28.8 Å². The van der Waals surface area contributed by atoms with E-state index in [1.165, 1.54) is 12.8 Å². The van der Waals surface area contributed by atoms with Crippen LogP contribution in [0, 0.1) is 12.3 Å². The number of aryl methyl sites for hydroxylation is 1. The number of amides is 1. The summed E-state index contributed by atoms with van der Waals surface area (Å²) in [5.41, 5.74) is 2.22. The molecule has 1 aromatic carbocycles. The number of hydrogen-bond acceptors (Lipinski definition) is 2. The predicted octanol–water partition coefficient (Wildman–Crippen LogP) is 2.98. The molecule has 2 N–H and O–H groups in total. The van der Waals surface area contributed by atoms with E-state index in [0.717, 1.165) is 17.8 Å². The number of nitrogens with one attached hydrogen (secondary N) is 2. The van der Waals surface area contributed by atoms with Gasteiger partial charge in [-0.2, -0.15) is 0 Å². The molecule has 0 saturated heterocycles. The highest BCUT2D eigenvalue weighted by Crippen LogP contribution is 2.43. The zero-order chi connectivity index (χ0) is 13.2. The third-order valence-corrected chi connectivity index (χ3v) is 3.65. The molecule has 0 bridgehead atoms. The van der Waals surface area contributed by atoms with Gasteiger partial charge in [-0.3, -0.25) is 4.79 Å². The summed E-state index contributed by atoms with van der Waals surface area (Å²) >= 11 is 5.91. The van der Waals surface area contributed by atoms with Gasteiger partial charge in [0.15, 0.2) is 0 Å².